The molecule has 0 saturated carbocycles. The number of nitrogens with one attached hydrogen (secondary N) is 1. The fourth-order valence-electron chi connectivity index (χ4n) is 3.27. The lowest BCUT2D eigenvalue weighted by atomic mass is 9.98. The maximum absolute atomic E-state index is 13.2. The number of anilines is 1. The van der Waals surface area contributed by atoms with Crippen LogP contribution in [-0.4, -0.2) is 16.1 Å². The van der Waals surface area contributed by atoms with Crippen molar-refractivity contribution in [1.29, 1.82) is 0 Å². The molecule has 0 spiro atoms. The quantitative estimate of drug-likeness (QED) is 0.334. The lowest BCUT2D eigenvalue weighted by Crippen LogP contribution is -2.19. The summed E-state index contributed by atoms with van der Waals surface area (Å²) in [5, 5.41) is 10.9. The average molecular weight is 448 g/mol. The third-order valence-electron chi connectivity index (χ3n) is 4.97. The summed E-state index contributed by atoms with van der Waals surface area (Å²) < 4.78 is 19.0. The fraction of sp³-hybridized carbons (Fsp3) is 0.160. The van der Waals surface area contributed by atoms with Gasteiger partial charge in [-0.25, -0.2) is 4.39 Å². The molecule has 1 N–H and O–H groups in total. The van der Waals surface area contributed by atoms with Crippen molar-refractivity contribution < 1.29 is 13.6 Å². The number of rotatable bonds is 8. The van der Waals surface area contributed by atoms with Crippen LogP contribution in [0.25, 0.3) is 0 Å². The van der Waals surface area contributed by atoms with Gasteiger partial charge in [-0.1, -0.05) is 67.6 Å². The molecule has 0 bridgehead atoms. The highest BCUT2D eigenvalue weighted by Gasteiger charge is 2.25. The maximum Gasteiger partial charge on any atom is 0.277 e. The Labute approximate surface area is 190 Å². The normalized spacial score (nSPS) is 12.8. The number of carbonyl (C=O) groups excluding carboxylic acids is 1. The van der Waals surface area contributed by atoms with Crippen molar-refractivity contribution in [3.05, 3.63) is 108 Å². The smallest absolute Gasteiger partial charge is 0.277 e. The molecule has 0 aliphatic rings. The predicted molar refractivity (Wildman–Crippen MR) is 123 cm³/mol. The highest BCUT2D eigenvalue weighted by atomic mass is 32.2. The van der Waals surface area contributed by atoms with Crippen LogP contribution in [0.5, 0.6) is 0 Å². The first kappa shape index (κ1) is 21.8. The van der Waals surface area contributed by atoms with Gasteiger partial charge in [-0.2, -0.15) is 0 Å². The van der Waals surface area contributed by atoms with E-state index in [4.69, 9.17) is 4.42 Å². The summed E-state index contributed by atoms with van der Waals surface area (Å²) >= 11 is 1.19. The molecule has 5 nitrogen and oxygen atoms in total. The second-order valence-corrected chi connectivity index (χ2v) is 8.44. The van der Waals surface area contributed by atoms with Gasteiger partial charge in [0.1, 0.15) is 11.1 Å². The van der Waals surface area contributed by atoms with Gasteiger partial charge in [0, 0.05) is 12.1 Å². The molecular weight excluding hydrogens is 425 g/mol. The zero-order valence-corrected chi connectivity index (χ0v) is 18.3. The molecular formula is C25H22FN3O2S. The van der Waals surface area contributed by atoms with Crippen LogP contribution in [-0.2, 0) is 11.2 Å². The van der Waals surface area contributed by atoms with Gasteiger partial charge in [-0.05, 0) is 53.1 Å². The van der Waals surface area contributed by atoms with Crippen LogP contribution in [0, 0.1) is 5.82 Å². The van der Waals surface area contributed by atoms with E-state index in [-0.39, 0.29) is 17.6 Å². The molecule has 0 fully saturated rings. The molecule has 1 aromatic heterocycles. The SMILES string of the molecule is CC(Cc1nnc(SC(C(=O)Nc2ccc(F)cc2)c2ccccc2)o1)c1ccccc1. The van der Waals surface area contributed by atoms with Gasteiger partial charge in [-0.15, -0.1) is 10.2 Å². The van der Waals surface area contributed by atoms with Gasteiger partial charge in [-0.3, -0.25) is 4.79 Å². The zero-order valence-electron chi connectivity index (χ0n) is 17.4. The molecule has 4 aromatic rings. The van der Waals surface area contributed by atoms with Gasteiger partial charge >= 0.3 is 0 Å². The van der Waals surface area contributed by atoms with Crippen LogP contribution >= 0.6 is 11.8 Å². The summed E-state index contributed by atoms with van der Waals surface area (Å²) in [7, 11) is 0. The Morgan fingerprint density at radius 2 is 1.56 bits per heavy atom. The van der Waals surface area contributed by atoms with Crippen LogP contribution in [0.3, 0.4) is 0 Å². The predicted octanol–water partition coefficient (Wildman–Crippen LogP) is 6.03. The van der Waals surface area contributed by atoms with Crippen LogP contribution in [0.1, 0.15) is 35.1 Å². The van der Waals surface area contributed by atoms with Crippen molar-refractivity contribution in [1.82, 2.24) is 10.2 Å². The van der Waals surface area contributed by atoms with Crippen molar-refractivity contribution in [2.75, 3.05) is 5.32 Å². The van der Waals surface area contributed by atoms with E-state index in [9.17, 15) is 9.18 Å². The Bertz CT molecular complexity index is 1150. The lowest BCUT2D eigenvalue weighted by molar-refractivity contribution is -0.115. The van der Waals surface area contributed by atoms with E-state index < -0.39 is 5.25 Å². The average Bonchev–Trinajstić information content (AvgIpc) is 3.27. The summed E-state index contributed by atoms with van der Waals surface area (Å²) in [6, 6.07) is 25.2. The molecule has 2 atom stereocenters. The van der Waals surface area contributed by atoms with Crippen molar-refractivity contribution in [2.45, 2.75) is 29.7 Å². The molecule has 4 rings (SSSR count). The van der Waals surface area contributed by atoms with Crippen molar-refractivity contribution in [3.8, 4) is 0 Å². The Balaban J connectivity index is 1.49. The van der Waals surface area contributed by atoms with Crippen molar-refractivity contribution in [2.24, 2.45) is 0 Å². The van der Waals surface area contributed by atoms with Crippen LogP contribution < -0.4 is 5.32 Å². The van der Waals surface area contributed by atoms with E-state index in [1.165, 1.54) is 41.6 Å². The molecule has 162 valence electrons. The van der Waals surface area contributed by atoms with E-state index in [1.807, 2.05) is 48.5 Å². The molecule has 3 aromatic carbocycles. The first-order chi connectivity index (χ1) is 15.6. The topological polar surface area (TPSA) is 68.0 Å². The van der Waals surface area contributed by atoms with Gasteiger partial charge in [0.15, 0.2) is 0 Å². The van der Waals surface area contributed by atoms with Crippen LogP contribution in [0.2, 0.25) is 0 Å². The largest absolute Gasteiger partial charge is 0.416 e. The second kappa shape index (κ2) is 10.2. The standard InChI is InChI=1S/C25H22FN3O2S/c1-17(18-8-4-2-5-9-18)16-22-28-29-25(31-22)32-23(19-10-6-3-7-11-19)24(30)27-21-14-12-20(26)13-15-21/h2-15,17,23H,16H2,1H3,(H,27,30). The minimum absolute atomic E-state index is 0.223. The first-order valence-electron chi connectivity index (χ1n) is 10.2. The molecule has 7 heteroatoms. The Hall–Kier alpha value is -3.45. The molecule has 2 unspecified atom stereocenters. The molecule has 1 heterocycles. The van der Waals surface area contributed by atoms with E-state index in [0.717, 1.165) is 5.56 Å². The number of hydrogen-bond donors (Lipinski definition) is 1. The van der Waals surface area contributed by atoms with Gasteiger partial charge in [0.2, 0.25) is 11.8 Å². The lowest BCUT2D eigenvalue weighted by Gasteiger charge is -2.15. The zero-order chi connectivity index (χ0) is 22.3. The van der Waals surface area contributed by atoms with Crippen molar-refractivity contribution >= 4 is 23.4 Å². The van der Waals surface area contributed by atoms with Gasteiger partial charge < -0.3 is 9.73 Å². The summed E-state index contributed by atoms with van der Waals surface area (Å²) in [4.78, 5) is 13.1. The third kappa shape index (κ3) is 5.62. The summed E-state index contributed by atoms with van der Waals surface area (Å²) in [5.41, 5.74) is 2.51. The number of hydrogen-bond acceptors (Lipinski definition) is 5. The third-order valence-corrected chi connectivity index (χ3v) is 6.06. The summed E-state index contributed by atoms with van der Waals surface area (Å²) in [5.74, 6) is 0.126. The Morgan fingerprint density at radius 3 is 2.22 bits per heavy atom. The number of halogens is 1. The summed E-state index contributed by atoms with van der Waals surface area (Å²) in [6.07, 6.45) is 0.607. The number of benzene rings is 3. The van der Waals surface area contributed by atoms with E-state index in [1.54, 1.807) is 0 Å². The van der Waals surface area contributed by atoms with E-state index in [0.29, 0.717) is 23.2 Å². The summed E-state index contributed by atoms with van der Waals surface area (Å²) in [6.45, 7) is 2.11. The minimum atomic E-state index is -0.610. The molecule has 0 aliphatic carbocycles. The van der Waals surface area contributed by atoms with E-state index in [2.05, 4.69) is 34.6 Å². The van der Waals surface area contributed by atoms with Crippen molar-refractivity contribution in [3.63, 3.8) is 0 Å². The Kier molecular flexibility index (Phi) is 6.97. The van der Waals surface area contributed by atoms with Crippen LogP contribution in [0.4, 0.5) is 10.1 Å². The van der Waals surface area contributed by atoms with E-state index >= 15 is 0 Å². The Morgan fingerprint density at radius 1 is 0.938 bits per heavy atom. The number of carbonyl (C=O) groups is 1. The number of thioether (sulfide) groups is 1. The fourth-order valence-corrected chi connectivity index (χ4v) is 4.17. The monoisotopic (exact) mass is 447 g/mol. The molecule has 1 amide bonds. The van der Waals surface area contributed by atoms with Gasteiger partial charge in [0.05, 0.1) is 0 Å². The van der Waals surface area contributed by atoms with Gasteiger partial charge in [0.25, 0.3) is 5.22 Å². The first-order valence-corrected chi connectivity index (χ1v) is 11.1. The van der Waals surface area contributed by atoms with Crippen LogP contribution in [0.15, 0.2) is 94.6 Å². The highest BCUT2D eigenvalue weighted by molar-refractivity contribution is 8.00. The highest BCUT2D eigenvalue weighted by Crippen LogP contribution is 2.36. The molecule has 0 saturated heterocycles. The number of aromatic nitrogens is 2. The molecule has 0 radical (unpaired) electrons. The number of nitrogens with zero attached hydrogens (tertiary/aromatic N) is 2. The minimum Gasteiger partial charge on any atom is -0.416 e. The molecule has 0 aliphatic heterocycles. The second-order valence-electron chi connectivity index (χ2n) is 7.38. The molecule has 32 heavy (non-hydrogen) atoms. The number of amides is 1. The maximum atomic E-state index is 13.2.